The van der Waals surface area contributed by atoms with Crippen molar-refractivity contribution in [2.75, 3.05) is 19.0 Å². The zero-order valence-corrected chi connectivity index (χ0v) is 11.2. The number of H-pyrrole nitrogens is 1. The van der Waals surface area contributed by atoms with E-state index in [0.29, 0.717) is 0 Å². The molecule has 0 radical (unpaired) electrons. The first kappa shape index (κ1) is 14.8. The molecule has 120 valence electrons. The van der Waals surface area contributed by atoms with E-state index in [1.54, 1.807) is 0 Å². The van der Waals surface area contributed by atoms with Crippen molar-refractivity contribution >= 4 is 17.1 Å². The van der Waals surface area contributed by atoms with Gasteiger partial charge in [0.1, 0.15) is 18.9 Å². The van der Waals surface area contributed by atoms with Crippen molar-refractivity contribution in [2.45, 2.75) is 24.0 Å². The number of aliphatic hydroxyl groups is 3. The highest BCUT2D eigenvalue weighted by Gasteiger charge is 2.55. The number of aromatic nitrogens is 4. The largest absolute Gasteiger partial charge is 0.393 e. The van der Waals surface area contributed by atoms with Gasteiger partial charge in [0, 0.05) is 0 Å². The zero-order valence-electron chi connectivity index (χ0n) is 11.2. The highest BCUT2D eigenvalue weighted by molar-refractivity contribution is 5.70. The van der Waals surface area contributed by atoms with Crippen molar-refractivity contribution in [3.8, 4) is 0 Å². The molecule has 1 fully saturated rings. The number of anilines is 1. The van der Waals surface area contributed by atoms with Crippen molar-refractivity contribution in [3.05, 3.63) is 16.7 Å². The second kappa shape index (κ2) is 4.98. The van der Waals surface area contributed by atoms with Crippen LogP contribution in [0.5, 0.6) is 0 Å². The van der Waals surface area contributed by atoms with Crippen LogP contribution in [0.1, 0.15) is 6.23 Å². The molecule has 3 rings (SSSR count). The summed E-state index contributed by atoms with van der Waals surface area (Å²) in [5.74, 6) is -0.175. The van der Waals surface area contributed by atoms with Crippen LogP contribution >= 0.6 is 0 Å². The molecule has 10 nitrogen and oxygen atoms in total. The maximum Gasteiger partial charge on any atom is 0.280 e. The Bertz CT molecular complexity index is 757. The first-order valence-corrected chi connectivity index (χ1v) is 6.36. The third-order valence-electron chi connectivity index (χ3n) is 3.73. The summed E-state index contributed by atoms with van der Waals surface area (Å²) in [6.07, 6.45) is -3.35. The fourth-order valence-corrected chi connectivity index (χ4v) is 2.48. The van der Waals surface area contributed by atoms with Gasteiger partial charge in [-0.2, -0.15) is 4.98 Å². The summed E-state index contributed by atoms with van der Waals surface area (Å²) in [5, 5.41) is 29.3. The van der Waals surface area contributed by atoms with Gasteiger partial charge in [0.05, 0.1) is 12.9 Å². The topological polar surface area (TPSA) is 160 Å². The van der Waals surface area contributed by atoms with E-state index in [0.717, 1.165) is 10.9 Å². The number of hydrogen-bond donors (Lipinski definition) is 5. The summed E-state index contributed by atoms with van der Waals surface area (Å²) >= 11 is 0. The molecule has 0 bridgehead atoms. The third-order valence-corrected chi connectivity index (χ3v) is 3.73. The molecule has 2 unspecified atom stereocenters. The molecule has 1 aliphatic rings. The van der Waals surface area contributed by atoms with Gasteiger partial charge in [-0.05, 0) is 0 Å². The number of halogens is 1. The fraction of sp³-hybridized carbons (Fsp3) is 0.545. The number of ether oxygens (including phenoxy) is 1. The van der Waals surface area contributed by atoms with Gasteiger partial charge >= 0.3 is 0 Å². The summed E-state index contributed by atoms with van der Waals surface area (Å²) in [7, 11) is 0. The standard InChI is InChI=1S/C11H14FN5O5/c12-1-11(2-18)6(20)5(19)9(22-11)17-3-14-4-7(17)15-10(13)16-8(4)21/h3,5-6,9,18-20H,1-2H2,(H3,13,15,16,21)/t5?,6?,9-,11-/m1/s1. The zero-order chi connectivity index (χ0) is 16.1. The van der Waals surface area contributed by atoms with Crippen molar-refractivity contribution in [1.82, 2.24) is 19.5 Å². The molecule has 0 amide bonds. The molecule has 22 heavy (non-hydrogen) atoms. The van der Waals surface area contributed by atoms with Crippen LogP contribution in [0.25, 0.3) is 11.2 Å². The number of alkyl halides is 1. The molecule has 6 N–H and O–H groups in total. The Balaban J connectivity index is 2.11. The quantitative estimate of drug-likeness (QED) is 0.421. The van der Waals surface area contributed by atoms with Crippen LogP contribution in [0.3, 0.4) is 0 Å². The van der Waals surface area contributed by atoms with Gasteiger partial charge in [0.2, 0.25) is 5.95 Å². The fourth-order valence-electron chi connectivity index (χ4n) is 2.48. The smallest absolute Gasteiger partial charge is 0.280 e. The lowest BCUT2D eigenvalue weighted by Gasteiger charge is -2.26. The predicted octanol–water partition coefficient (Wildman–Crippen LogP) is -2.35. The van der Waals surface area contributed by atoms with Gasteiger partial charge in [-0.15, -0.1) is 0 Å². The van der Waals surface area contributed by atoms with Crippen molar-refractivity contribution in [1.29, 1.82) is 0 Å². The SMILES string of the molecule is Nc1nc2c(ncn2[C@@H]2O[C@@](CO)(CF)C(O)C2O)c(=O)[nH]1. The van der Waals surface area contributed by atoms with Crippen LogP contribution in [0.15, 0.2) is 11.1 Å². The number of aliphatic hydroxyl groups excluding tert-OH is 3. The first-order chi connectivity index (χ1) is 10.4. The summed E-state index contributed by atoms with van der Waals surface area (Å²) < 4.78 is 19.6. The molecule has 0 saturated carbocycles. The Labute approximate surface area is 122 Å². The summed E-state index contributed by atoms with van der Waals surface area (Å²) in [6, 6.07) is 0. The Morgan fingerprint density at radius 3 is 2.86 bits per heavy atom. The lowest BCUT2D eigenvalue weighted by Crippen LogP contribution is -2.48. The Kier molecular flexibility index (Phi) is 3.36. The molecule has 0 aliphatic carbocycles. The molecule has 11 heteroatoms. The first-order valence-electron chi connectivity index (χ1n) is 6.36. The van der Waals surface area contributed by atoms with E-state index in [1.165, 1.54) is 0 Å². The van der Waals surface area contributed by atoms with Crippen molar-refractivity contribution in [2.24, 2.45) is 0 Å². The Morgan fingerprint density at radius 1 is 1.55 bits per heavy atom. The number of imidazole rings is 1. The van der Waals surface area contributed by atoms with E-state index in [4.69, 9.17) is 10.5 Å². The molecular weight excluding hydrogens is 301 g/mol. The summed E-state index contributed by atoms with van der Waals surface area (Å²) in [6.45, 7) is -2.04. The molecule has 0 aromatic carbocycles. The van der Waals surface area contributed by atoms with Crippen LogP contribution in [0.2, 0.25) is 0 Å². The second-order valence-corrected chi connectivity index (χ2v) is 5.08. The Hall–Kier alpha value is -2.08. The number of nitrogens with zero attached hydrogens (tertiary/aromatic N) is 3. The van der Waals surface area contributed by atoms with E-state index in [2.05, 4.69) is 15.0 Å². The lowest BCUT2D eigenvalue weighted by atomic mass is 9.98. The second-order valence-electron chi connectivity index (χ2n) is 5.08. The van der Waals surface area contributed by atoms with E-state index >= 15 is 0 Å². The molecule has 2 aromatic heterocycles. The normalized spacial score (nSPS) is 31.9. The number of nitrogens with two attached hydrogens (primary N) is 1. The molecule has 1 aliphatic heterocycles. The summed E-state index contributed by atoms with van der Waals surface area (Å²) in [5.41, 5.74) is 2.87. The van der Waals surface area contributed by atoms with Crippen LogP contribution < -0.4 is 11.3 Å². The molecule has 0 spiro atoms. The molecule has 3 heterocycles. The number of nitrogens with one attached hydrogen (secondary N) is 1. The van der Waals surface area contributed by atoms with Gasteiger partial charge in [-0.25, -0.2) is 9.37 Å². The minimum atomic E-state index is -1.95. The average Bonchev–Trinajstić information content (AvgIpc) is 3.01. The number of rotatable bonds is 3. The number of aromatic amines is 1. The van der Waals surface area contributed by atoms with E-state index in [1.807, 2.05) is 0 Å². The summed E-state index contributed by atoms with van der Waals surface area (Å²) in [4.78, 5) is 21.7. The van der Waals surface area contributed by atoms with Crippen molar-refractivity contribution < 1.29 is 24.4 Å². The van der Waals surface area contributed by atoms with E-state index < -0.39 is 42.9 Å². The van der Waals surface area contributed by atoms with Gasteiger partial charge in [0.15, 0.2) is 23.0 Å². The van der Waals surface area contributed by atoms with Crippen LogP contribution in [0.4, 0.5) is 10.3 Å². The lowest BCUT2D eigenvalue weighted by molar-refractivity contribution is -0.136. The van der Waals surface area contributed by atoms with Gasteiger partial charge in [-0.3, -0.25) is 14.3 Å². The highest BCUT2D eigenvalue weighted by Crippen LogP contribution is 2.38. The Morgan fingerprint density at radius 2 is 2.27 bits per heavy atom. The minimum Gasteiger partial charge on any atom is -0.393 e. The van der Waals surface area contributed by atoms with Crippen molar-refractivity contribution in [3.63, 3.8) is 0 Å². The van der Waals surface area contributed by atoms with Crippen LogP contribution in [0, 0.1) is 0 Å². The molecule has 4 atom stereocenters. The monoisotopic (exact) mass is 315 g/mol. The molecular formula is C11H14FN5O5. The van der Waals surface area contributed by atoms with Crippen LogP contribution in [-0.4, -0.2) is 65.9 Å². The van der Waals surface area contributed by atoms with E-state index in [9.17, 15) is 24.5 Å². The number of hydrogen-bond acceptors (Lipinski definition) is 8. The number of nitrogen functional groups attached to an aromatic ring is 1. The minimum absolute atomic E-state index is 0.00472. The van der Waals surface area contributed by atoms with Crippen LogP contribution in [-0.2, 0) is 4.74 Å². The predicted molar refractivity (Wildman–Crippen MR) is 70.5 cm³/mol. The van der Waals surface area contributed by atoms with E-state index in [-0.39, 0.29) is 17.1 Å². The van der Waals surface area contributed by atoms with Gasteiger partial charge < -0.3 is 25.8 Å². The van der Waals surface area contributed by atoms with Gasteiger partial charge in [0.25, 0.3) is 5.56 Å². The molecule has 1 saturated heterocycles. The van der Waals surface area contributed by atoms with Gasteiger partial charge in [-0.1, -0.05) is 0 Å². The number of fused-ring (bicyclic) bond motifs is 1. The highest BCUT2D eigenvalue weighted by atomic mass is 19.1. The maximum atomic E-state index is 13.2. The average molecular weight is 315 g/mol. The molecule has 2 aromatic rings. The third kappa shape index (κ3) is 1.90. The maximum absolute atomic E-state index is 13.2.